The van der Waals surface area contributed by atoms with Gasteiger partial charge in [-0.25, -0.2) is 4.39 Å². The molecule has 2 fully saturated rings. The molecule has 2 aromatic carbocycles. The van der Waals surface area contributed by atoms with Crippen LogP contribution in [0.3, 0.4) is 0 Å². The van der Waals surface area contributed by atoms with Crippen molar-refractivity contribution in [2.24, 2.45) is 0 Å². The summed E-state index contributed by atoms with van der Waals surface area (Å²) in [6.07, 6.45) is 0.513. The molecule has 3 aliphatic heterocycles. The number of carbonyl (C=O) groups excluding carboxylic acids is 5. The Kier molecular flexibility index (Phi) is 4.68. The van der Waals surface area contributed by atoms with Crippen molar-refractivity contribution in [1.29, 1.82) is 0 Å². The zero-order valence-electron chi connectivity index (χ0n) is 20.8. The molecule has 11 heteroatoms. The van der Waals surface area contributed by atoms with Gasteiger partial charge in [-0.1, -0.05) is 12.1 Å². The molecule has 1 aliphatic carbocycles. The van der Waals surface area contributed by atoms with E-state index in [0.717, 1.165) is 5.56 Å². The number of halogens is 1. The minimum absolute atomic E-state index is 0.0538. The average Bonchev–Trinajstić information content (AvgIpc) is 3.67. The predicted octanol–water partition coefficient (Wildman–Crippen LogP) is 1.75. The van der Waals surface area contributed by atoms with Gasteiger partial charge in [0.2, 0.25) is 17.7 Å². The fourth-order valence-electron chi connectivity index (χ4n) is 6.65. The van der Waals surface area contributed by atoms with E-state index >= 15 is 0 Å². The van der Waals surface area contributed by atoms with Crippen LogP contribution in [0, 0.1) is 5.82 Å². The van der Waals surface area contributed by atoms with Crippen molar-refractivity contribution in [3.05, 3.63) is 64.2 Å². The van der Waals surface area contributed by atoms with Gasteiger partial charge in [0, 0.05) is 18.5 Å². The summed E-state index contributed by atoms with van der Waals surface area (Å²) in [4.78, 5) is 65.2. The SMILES string of the molecule is COc1ccc2c(c1F)C(=O)N(C[C@@]1(c3cc4c5c(ccc4o3)C3(CC5)NC(=O)CC3=O)CC(=O)NC1=O)C2. The van der Waals surface area contributed by atoms with Crippen LogP contribution in [-0.4, -0.2) is 48.0 Å². The van der Waals surface area contributed by atoms with E-state index in [1.54, 1.807) is 24.3 Å². The molecule has 2 saturated heterocycles. The highest BCUT2D eigenvalue weighted by atomic mass is 19.1. The van der Waals surface area contributed by atoms with Crippen LogP contribution in [0.2, 0.25) is 0 Å². The number of aryl methyl sites for hydroxylation is 1. The first-order chi connectivity index (χ1) is 18.7. The number of hydrogen-bond donors (Lipinski definition) is 2. The molecule has 39 heavy (non-hydrogen) atoms. The molecule has 10 nitrogen and oxygen atoms in total. The molecule has 0 bridgehead atoms. The van der Waals surface area contributed by atoms with E-state index in [9.17, 15) is 28.4 Å². The molecule has 7 rings (SSSR count). The minimum Gasteiger partial charge on any atom is -0.494 e. The van der Waals surface area contributed by atoms with Crippen LogP contribution in [0.5, 0.6) is 5.75 Å². The van der Waals surface area contributed by atoms with Gasteiger partial charge in [-0.05, 0) is 47.7 Å². The first-order valence-corrected chi connectivity index (χ1v) is 12.6. The topological polar surface area (TPSA) is 135 Å². The van der Waals surface area contributed by atoms with Crippen molar-refractivity contribution >= 4 is 40.4 Å². The van der Waals surface area contributed by atoms with E-state index < -0.39 is 34.5 Å². The second-order valence-electron chi connectivity index (χ2n) is 10.6. The number of nitrogens with one attached hydrogen (secondary N) is 2. The summed E-state index contributed by atoms with van der Waals surface area (Å²) >= 11 is 0. The number of Topliss-reactive ketones (excluding diaryl/α,β-unsaturated/α-hetero) is 1. The molecular weight excluding hydrogens is 509 g/mol. The van der Waals surface area contributed by atoms with Gasteiger partial charge < -0.3 is 19.4 Å². The Labute approximate surface area is 220 Å². The number of ether oxygens (including phenoxy) is 1. The summed E-state index contributed by atoms with van der Waals surface area (Å²) in [6, 6.07) is 8.17. The average molecular weight is 531 g/mol. The van der Waals surface area contributed by atoms with Gasteiger partial charge in [-0.15, -0.1) is 0 Å². The monoisotopic (exact) mass is 531 g/mol. The van der Waals surface area contributed by atoms with Crippen LogP contribution < -0.4 is 15.4 Å². The van der Waals surface area contributed by atoms with Gasteiger partial charge in [0.05, 0.1) is 25.5 Å². The van der Waals surface area contributed by atoms with E-state index in [-0.39, 0.29) is 54.7 Å². The molecule has 2 N–H and O–H groups in total. The highest BCUT2D eigenvalue weighted by Gasteiger charge is 2.54. The molecule has 2 atom stereocenters. The molecule has 4 aliphatic rings. The fourth-order valence-corrected chi connectivity index (χ4v) is 6.65. The molecule has 3 aromatic rings. The molecule has 4 heterocycles. The number of nitrogens with zero attached hydrogens (tertiary/aromatic N) is 1. The van der Waals surface area contributed by atoms with Crippen molar-refractivity contribution in [3.63, 3.8) is 0 Å². The Morgan fingerprint density at radius 3 is 2.62 bits per heavy atom. The summed E-state index contributed by atoms with van der Waals surface area (Å²) in [7, 11) is 1.31. The molecular formula is C28H22FN3O7. The van der Waals surface area contributed by atoms with Gasteiger partial charge >= 0.3 is 0 Å². The standard InChI is InChI=1S/C28H22FN3O7/c1-38-18-4-2-13-11-32(25(36)23(13)24(18)29)12-27(10-22(35)30-26(27)37)20-8-15-14-6-7-28(19(33)9-21(34)31-28)16(14)3-5-17(15)39-20/h2-5,8H,6-7,9-12H2,1H3,(H,31,34)(H,30,35,37)/t27-,28?/m1/s1. The number of imide groups is 1. The summed E-state index contributed by atoms with van der Waals surface area (Å²) < 4.78 is 26.1. The van der Waals surface area contributed by atoms with E-state index in [1.165, 1.54) is 18.1 Å². The van der Waals surface area contributed by atoms with E-state index in [2.05, 4.69) is 10.6 Å². The van der Waals surface area contributed by atoms with Crippen LogP contribution in [0.1, 0.15) is 52.1 Å². The number of carbonyl (C=O) groups is 5. The summed E-state index contributed by atoms with van der Waals surface area (Å²) in [6.45, 7) is -0.154. The lowest BCUT2D eigenvalue weighted by Gasteiger charge is -2.28. The van der Waals surface area contributed by atoms with Crippen molar-refractivity contribution in [2.75, 3.05) is 13.7 Å². The Bertz CT molecular complexity index is 1690. The number of amides is 4. The highest BCUT2D eigenvalue weighted by Crippen LogP contribution is 2.46. The van der Waals surface area contributed by atoms with Crippen molar-refractivity contribution in [3.8, 4) is 5.75 Å². The minimum atomic E-state index is -1.53. The fraction of sp³-hybridized carbons (Fsp3) is 0.321. The zero-order valence-corrected chi connectivity index (χ0v) is 20.8. The predicted molar refractivity (Wildman–Crippen MR) is 131 cm³/mol. The maximum absolute atomic E-state index is 14.9. The van der Waals surface area contributed by atoms with Gasteiger partial charge in [-0.3, -0.25) is 29.3 Å². The van der Waals surface area contributed by atoms with Gasteiger partial charge in [-0.2, -0.15) is 0 Å². The molecule has 198 valence electrons. The molecule has 1 spiro atoms. The Balaban J connectivity index is 1.30. The van der Waals surface area contributed by atoms with Crippen molar-refractivity contribution in [2.45, 2.75) is 43.2 Å². The van der Waals surface area contributed by atoms with Crippen LogP contribution in [0.15, 0.2) is 34.7 Å². The number of ketones is 1. The second kappa shape index (κ2) is 7.75. The largest absolute Gasteiger partial charge is 0.494 e. The summed E-state index contributed by atoms with van der Waals surface area (Å²) in [5.74, 6) is -2.87. The Morgan fingerprint density at radius 2 is 1.92 bits per heavy atom. The molecule has 1 aromatic heterocycles. The van der Waals surface area contributed by atoms with Crippen molar-refractivity contribution in [1.82, 2.24) is 15.5 Å². The quantitative estimate of drug-likeness (QED) is 0.387. The number of hydrogen-bond acceptors (Lipinski definition) is 7. The molecule has 0 radical (unpaired) electrons. The van der Waals surface area contributed by atoms with Crippen LogP contribution >= 0.6 is 0 Å². The van der Waals surface area contributed by atoms with Crippen LogP contribution in [0.25, 0.3) is 11.0 Å². The number of furan rings is 1. The third-order valence-corrected chi connectivity index (χ3v) is 8.53. The van der Waals surface area contributed by atoms with Gasteiger partial charge in [0.1, 0.15) is 22.3 Å². The zero-order chi connectivity index (χ0) is 27.3. The molecule has 0 saturated carbocycles. The second-order valence-corrected chi connectivity index (χ2v) is 10.6. The highest BCUT2D eigenvalue weighted by molar-refractivity contribution is 6.12. The lowest BCUT2D eigenvalue weighted by atomic mass is 9.82. The normalized spacial score (nSPS) is 25.6. The third-order valence-electron chi connectivity index (χ3n) is 8.53. The van der Waals surface area contributed by atoms with Crippen LogP contribution in [0.4, 0.5) is 4.39 Å². The van der Waals surface area contributed by atoms with E-state index in [1.807, 2.05) is 0 Å². The number of rotatable bonds is 4. The maximum atomic E-state index is 14.9. The van der Waals surface area contributed by atoms with Gasteiger partial charge in [0.15, 0.2) is 17.3 Å². The third kappa shape index (κ3) is 3.03. The first-order valence-electron chi connectivity index (χ1n) is 12.6. The summed E-state index contributed by atoms with van der Waals surface area (Å²) in [5.41, 5.74) is -0.273. The number of methoxy groups -OCH3 is 1. The number of fused-ring (bicyclic) bond motifs is 5. The van der Waals surface area contributed by atoms with E-state index in [4.69, 9.17) is 9.15 Å². The Hall–Kier alpha value is -4.54. The lowest BCUT2D eigenvalue weighted by molar-refractivity contribution is -0.127. The van der Waals surface area contributed by atoms with Crippen LogP contribution in [-0.2, 0) is 43.1 Å². The number of benzene rings is 2. The maximum Gasteiger partial charge on any atom is 0.257 e. The van der Waals surface area contributed by atoms with Crippen molar-refractivity contribution < 1.29 is 37.5 Å². The molecule has 1 unspecified atom stereocenters. The lowest BCUT2D eigenvalue weighted by Crippen LogP contribution is -2.46. The summed E-state index contributed by atoms with van der Waals surface area (Å²) in [5, 5.41) is 5.85. The first kappa shape index (κ1) is 23.6. The smallest absolute Gasteiger partial charge is 0.257 e. The molecule has 4 amide bonds. The Morgan fingerprint density at radius 1 is 1.10 bits per heavy atom. The van der Waals surface area contributed by atoms with Gasteiger partial charge in [0.25, 0.3) is 5.91 Å². The van der Waals surface area contributed by atoms with E-state index in [0.29, 0.717) is 34.9 Å².